The van der Waals surface area contributed by atoms with Crippen LogP contribution in [0.2, 0.25) is 5.02 Å². The van der Waals surface area contributed by atoms with E-state index in [4.69, 9.17) is 16.3 Å². The van der Waals surface area contributed by atoms with Gasteiger partial charge in [-0.25, -0.2) is 9.37 Å². The van der Waals surface area contributed by atoms with Crippen molar-refractivity contribution in [1.82, 2.24) is 9.55 Å². The number of fused-ring (bicyclic) bond motifs is 1. The van der Waals surface area contributed by atoms with Gasteiger partial charge in [-0.3, -0.25) is 4.57 Å². The number of hydrogen-bond donors (Lipinski definition) is 1. The molecule has 1 atom stereocenters. The van der Waals surface area contributed by atoms with E-state index in [0.717, 1.165) is 46.9 Å². The molecule has 1 aliphatic rings. The maximum Gasteiger partial charge on any atom is 0.169 e. The number of hydrogen-bond acceptors (Lipinski definition) is 3. The molecule has 0 bridgehead atoms. The van der Waals surface area contributed by atoms with Gasteiger partial charge in [0.25, 0.3) is 0 Å². The Morgan fingerprint density at radius 3 is 2.81 bits per heavy atom. The third-order valence-electron chi connectivity index (χ3n) is 5.19. The fraction of sp³-hybridized carbons (Fsp3) is 0.286. The molecular formula is C21H20ClFN2OS. The van der Waals surface area contributed by atoms with E-state index in [2.05, 4.69) is 29.7 Å². The van der Waals surface area contributed by atoms with Crippen molar-refractivity contribution in [3.05, 3.63) is 69.8 Å². The summed E-state index contributed by atoms with van der Waals surface area (Å²) in [4.78, 5) is 4.69. The van der Waals surface area contributed by atoms with Gasteiger partial charge in [0.2, 0.25) is 0 Å². The summed E-state index contributed by atoms with van der Waals surface area (Å²) in [6, 6.07) is 11.0. The number of aromatic nitrogens is 2. The number of nitrogens with zero attached hydrogens (tertiary/aromatic N) is 2. The molecular weight excluding hydrogens is 383 g/mol. The number of halogens is 2. The second-order valence-electron chi connectivity index (χ2n) is 6.85. The molecule has 1 aromatic heterocycles. The number of thiol groups is 1. The van der Waals surface area contributed by atoms with Gasteiger partial charge in [-0.1, -0.05) is 23.7 Å². The van der Waals surface area contributed by atoms with Gasteiger partial charge >= 0.3 is 0 Å². The normalized spacial score (nSPS) is 16.3. The number of ether oxygens (including phenoxy) is 1. The van der Waals surface area contributed by atoms with Crippen LogP contribution in [0.5, 0.6) is 5.75 Å². The minimum absolute atomic E-state index is 0.189. The van der Waals surface area contributed by atoms with Crippen molar-refractivity contribution in [2.45, 2.75) is 37.3 Å². The highest BCUT2D eigenvalue weighted by Gasteiger charge is 2.29. The first-order valence-electron chi connectivity index (χ1n) is 8.90. The molecule has 6 heteroatoms. The van der Waals surface area contributed by atoms with Crippen molar-refractivity contribution in [3.63, 3.8) is 0 Å². The van der Waals surface area contributed by atoms with Gasteiger partial charge in [0.15, 0.2) is 16.7 Å². The fourth-order valence-electron chi connectivity index (χ4n) is 3.87. The Bertz CT molecular complexity index is 1020. The van der Waals surface area contributed by atoms with Gasteiger partial charge in [-0.05, 0) is 55.5 Å². The lowest BCUT2D eigenvalue weighted by Crippen LogP contribution is -2.15. The Balaban J connectivity index is 1.89. The Hall–Kier alpha value is -1.98. The highest BCUT2D eigenvalue weighted by atomic mass is 35.5. The lowest BCUT2D eigenvalue weighted by molar-refractivity contribution is 0.386. The van der Waals surface area contributed by atoms with Crippen molar-refractivity contribution >= 4 is 24.2 Å². The minimum Gasteiger partial charge on any atom is -0.494 e. The predicted molar refractivity (Wildman–Crippen MR) is 108 cm³/mol. The molecule has 0 radical (unpaired) electrons. The standard InChI is InChI=1S/C21H20ClFN2OS/c1-12-10-13(6-8-16(12)22)15-4-3-5-18-20(15)25(21(27)24-18)14-7-9-17(23)19(11-14)26-2/h6-11,15H,3-5H2,1-2H3,(H,24,27). The number of rotatable bonds is 3. The van der Waals surface area contributed by atoms with Crippen LogP contribution in [-0.2, 0) is 6.42 Å². The molecule has 1 aliphatic carbocycles. The molecule has 1 unspecified atom stereocenters. The Kier molecular flexibility index (Phi) is 4.91. The monoisotopic (exact) mass is 402 g/mol. The summed E-state index contributed by atoms with van der Waals surface area (Å²) < 4.78 is 21.1. The van der Waals surface area contributed by atoms with Crippen LogP contribution in [0, 0.1) is 12.7 Å². The number of imidazole rings is 1. The molecule has 0 saturated carbocycles. The van der Waals surface area contributed by atoms with E-state index in [0.29, 0.717) is 5.16 Å². The third kappa shape index (κ3) is 3.23. The lowest BCUT2D eigenvalue weighted by Gasteiger charge is -2.25. The number of methoxy groups -OCH3 is 1. The maximum atomic E-state index is 13.9. The van der Waals surface area contributed by atoms with Crippen LogP contribution in [0.1, 0.15) is 41.3 Å². The van der Waals surface area contributed by atoms with E-state index >= 15 is 0 Å². The summed E-state index contributed by atoms with van der Waals surface area (Å²) >= 11 is 10.8. The molecule has 0 N–H and O–H groups in total. The van der Waals surface area contributed by atoms with Crippen molar-refractivity contribution < 1.29 is 9.13 Å². The zero-order valence-corrected chi connectivity index (χ0v) is 16.8. The van der Waals surface area contributed by atoms with Crippen LogP contribution in [0.3, 0.4) is 0 Å². The quantitative estimate of drug-likeness (QED) is 0.565. The molecule has 4 rings (SSSR count). The summed E-state index contributed by atoms with van der Waals surface area (Å²) in [6.45, 7) is 2.02. The molecule has 3 nitrogen and oxygen atoms in total. The van der Waals surface area contributed by atoms with Crippen LogP contribution < -0.4 is 4.74 Å². The van der Waals surface area contributed by atoms with Gasteiger partial charge < -0.3 is 4.74 Å². The van der Waals surface area contributed by atoms with Crippen LogP contribution in [0.15, 0.2) is 41.6 Å². The molecule has 2 aromatic carbocycles. The highest BCUT2D eigenvalue weighted by molar-refractivity contribution is 7.80. The molecule has 140 valence electrons. The summed E-state index contributed by atoms with van der Waals surface area (Å²) in [5.74, 6) is 0.00682. The number of aryl methyl sites for hydroxylation is 2. The first kappa shape index (κ1) is 18.4. The minimum atomic E-state index is -0.388. The van der Waals surface area contributed by atoms with E-state index in [1.165, 1.54) is 18.7 Å². The SMILES string of the molecule is COc1cc(-n2c(S)nc3c2C(c2ccc(Cl)c(C)c2)CCC3)ccc1F. The highest BCUT2D eigenvalue weighted by Crippen LogP contribution is 2.40. The molecule has 1 heterocycles. The Labute approximate surface area is 168 Å². The van der Waals surface area contributed by atoms with Crippen LogP contribution in [0.4, 0.5) is 4.39 Å². The summed E-state index contributed by atoms with van der Waals surface area (Å²) in [5, 5.41) is 1.37. The van der Waals surface area contributed by atoms with Crippen molar-refractivity contribution in [3.8, 4) is 11.4 Å². The second kappa shape index (κ2) is 7.21. The lowest BCUT2D eigenvalue weighted by atomic mass is 9.83. The van der Waals surface area contributed by atoms with Crippen molar-refractivity contribution in [2.75, 3.05) is 7.11 Å². The zero-order valence-electron chi connectivity index (χ0n) is 15.2. The third-order valence-corrected chi connectivity index (χ3v) is 5.91. The Morgan fingerprint density at radius 2 is 2.07 bits per heavy atom. The summed E-state index contributed by atoms with van der Waals surface area (Å²) in [7, 11) is 1.46. The number of benzene rings is 2. The first-order valence-corrected chi connectivity index (χ1v) is 9.72. The predicted octanol–water partition coefficient (Wildman–Crippen LogP) is 5.74. The molecule has 0 amide bonds. The largest absolute Gasteiger partial charge is 0.494 e. The van der Waals surface area contributed by atoms with Crippen molar-refractivity contribution in [1.29, 1.82) is 0 Å². The summed E-state index contributed by atoms with van der Waals surface area (Å²) in [6.07, 6.45) is 3.00. The van der Waals surface area contributed by atoms with E-state index in [-0.39, 0.29) is 17.5 Å². The van der Waals surface area contributed by atoms with Crippen LogP contribution in [0.25, 0.3) is 5.69 Å². The van der Waals surface area contributed by atoms with E-state index in [9.17, 15) is 4.39 Å². The molecule has 3 aromatic rings. The van der Waals surface area contributed by atoms with Gasteiger partial charge in [-0.2, -0.15) is 0 Å². The average molecular weight is 403 g/mol. The van der Waals surface area contributed by atoms with Gasteiger partial charge in [0, 0.05) is 17.0 Å². The van der Waals surface area contributed by atoms with Gasteiger partial charge in [-0.15, -0.1) is 12.6 Å². The van der Waals surface area contributed by atoms with Crippen LogP contribution in [-0.4, -0.2) is 16.7 Å². The molecule has 0 fully saturated rings. The topological polar surface area (TPSA) is 27.1 Å². The second-order valence-corrected chi connectivity index (χ2v) is 7.66. The van der Waals surface area contributed by atoms with Gasteiger partial charge in [0.1, 0.15) is 0 Å². The molecule has 0 saturated heterocycles. The molecule has 0 aliphatic heterocycles. The van der Waals surface area contributed by atoms with Crippen molar-refractivity contribution in [2.24, 2.45) is 0 Å². The summed E-state index contributed by atoms with van der Waals surface area (Å²) in [5.41, 5.74) is 5.22. The van der Waals surface area contributed by atoms with E-state index in [1.54, 1.807) is 12.1 Å². The van der Waals surface area contributed by atoms with Crippen LogP contribution >= 0.6 is 24.2 Å². The van der Waals surface area contributed by atoms with Gasteiger partial charge in [0.05, 0.1) is 24.2 Å². The zero-order chi connectivity index (χ0) is 19.1. The average Bonchev–Trinajstić information content (AvgIpc) is 3.00. The molecule has 27 heavy (non-hydrogen) atoms. The molecule has 0 spiro atoms. The van der Waals surface area contributed by atoms with E-state index < -0.39 is 0 Å². The van der Waals surface area contributed by atoms with E-state index in [1.807, 2.05) is 17.6 Å². The first-order chi connectivity index (χ1) is 13.0. The fourth-order valence-corrected chi connectivity index (χ4v) is 4.33. The maximum absolute atomic E-state index is 13.9. The smallest absolute Gasteiger partial charge is 0.169 e. The Morgan fingerprint density at radius 1 is 1.26 bits per heavy atom.